The van der Waals surface area contributed by atoms with E-state index in [1.165, 1.54) is 18.4 Å². The first kappa shape index (κ1) is 16.0. The zero-order chi connectivity index (χ0) is 15.5. The van der Waals surface area contributed by atoms with Gasteiger partial charge in [-0.2, -0.15) is 0 Å². The number of anilines is 1. The number of hydrogen-bond acceptors (Lipinski definition) is 3. The van der Waals surface area contributed by atoms with Crippen molar-refractivity contribution in [3.05, 3.63) is 34.9 Å². The highest BCUT2D eigenvalue weighted by Crippen LogP contribution is 2.23. The van der Waals surface area contributed by atoms with Gasteiger partial charge in [0.15, 0.2) is 0 Å². The van der Waals surface area contributed by atoms with E-state index >= 15 is 0 Å². The van der Waals surface area contributed by atoms with Crippen LogP contribution in [0, 0.1) is 13.8 Å². The topological polar surface area (TPSA) is 72.2 Å². The molecule has 1 aromatic carbocycles. The third-order valence-corrected chi connectivity index (χ3v) is 5.54. The van der Waals surface area contributed by atoms with Gasteiger partial charge in [0.25, 0.3) is 0 Å². The van der Waals surface area contributed by atoms with Gasteiger partial charge in [0.05, 0.1) is 4.90 Å². The fourth-order valence-corrected chi connectivity index (χ4v) is 4.08. The van der Waals surface area contributed by atoms with Crippen LogP contribution >= 0.6 is 0 Å². The molecule has 1 aliphatic rings. The number of nitrogens with two attached hydrogens (primary N) is 1. The summed E-state index contributed by atoms with van der Waals surface area (Å²) in [6.45, 7) is 4.04. The number of hydrogen-bond donors (Lipinski definition) is 2. The highest BCUT2D eigenvalue weighted by Gasteiger charge is 2.18. The molecule has 0 spiro atoms. The minimum Gasteiger partial charge on any atom is -0.398 e. The first-order valence-corrected chi connectivity index (χ1v) is 8.93. The van der Waals surface area contributed by atoms with Gasteiger partial charge in [0.2, 0.25) is 10.0 Å². The summed E-state index contributed by atoms with van der Waals surface area (Å²) >= 11 is 0. The Labute approximate surface area is 127 Å². The van der Waals surface area contributed by atoms with E-state index in [4.69, 9.17) is 5.73 Å². The lowest BCUT2D eigenvalue weighted by Gasteiger charge is -2.14. The molecule has 3 N–H and O–H groups in total. The van der Waals surface area contributed by atoms with E-state index in [0.717, 1.165) is 24.8 Å². The third-order valence-electron chi connectivity index (χ3n) is 3.96. The van der Waals surface area contributed by atoms with E-state index in [1.807, 2.05) is 6.92 Å². The summed E-state index contributed by atoms with van der Waals surface area (Å²) in [4.78, 5) is 0.289. The van der Waals surface area contributed by atoms with Crippen molar-refractivity contribution >= 4 is 15.7 Å². The van der Waals surface area contributed by atoms with Gasteiger partial charge in [-0.15, -0.1) is 0 Å². The molecule has 0 fully saturated rings. The lowest BCUT2D eigenvalue weighted by molar-refractivity contribution is 0.579. The maximum atomic E-state index is 12.4. The molecule has 0 bridgehead atoms. The van der Waals surface area contributed by atoms with Crippen molar-refractivity contribution in [2.24, 2.45) is 0 Å². The molecule has 1 aromatic rings. The molecule has 0 heterocycles. The maximum Gasteiger partial charge on any atom is 0.240 e. The lowest BCUT2D eigenvalue weighted by atomic mass is 9.97. The monoisotopic (exact) mass is 308 g/mol. The Morgan fingerprint density at radius 2 is 2.00 bits per heavy atom. The second-order valence-electron chi connectivity index (χ2n) is 5.73. The van der Waals surface area contributed by atoms with Crippen molar-refractivity contribution in [1.29, 1.82) is 0 Å². The van der Waals surface area contributed by atoms with Gasteiger partial charge in [0.1, 0.15) is 0 Å². The van der Waals surface area contributed by atoms with E-state index in [2.05, 4.69) is 10.8 Å². The van der Waals surface area contributed by atoms with E-state index in [9.17, 15) is 8.42 Å². The van der Waals surface area contributed by atoms with Gasteiger partial charge in [-0.25, -0.2) is 13.1 Å². The second-order valence-corrected chi connectivity index (χ2v) is 7.47. The number of aryl methyl sites for hydroxylation is 1. The van der Waals surface area contributed by atoms with Gasteiger partial charge in [-0.1, -0.05) is 11.6 Å². The highest BCUT2D eigenvalue weighted by atomic mass is 32.2. The van der Waals surface area contributed by atoms with Crippen LogP contribution in [0.25, 0.3) is 0 Å². The van der Waals surface area contributed by atoms with Crippen LogP contribution in [-0.2, 0) is 10.0 Å². The van der Waals surface area contributed by atoms with Crippen LogP contribution in [0.1, 0.15) is 43.2 Å². The van der Waals surface area contributed by atoms with Crippen LogP contribution in [0.3, 0.4) is 0 Å². The molecule has 4 nitrogen and oxygen atoms in total. The van der Waals surface area contributed by atoms with E-state index in [1.54, 1.807) is 19.1 Å². The van der Waals surface area contributed by atoms with E-state index < -0.39 is 10.0 Å². The average Bonchev–Trinajstić information content (AvgIpc) is 2.43. The summed E-state index contributed by atoms with van der Waals surface area (Å²) in [5.41, 5.74) is 9.22. The first-order chi connectivity index (χ1) is 9.90. The lowest BCUT2D eigenvalue weighted by Crippen LogP contribution is -2.26. The molecular formula is C16H24N2O2S. The Balaban J connectivity index is 2.06. The fourth-order valence-electron chi connectivity index (χ4n) is 2.69. The van der Waals surface area contributed by atoms with Crippen LogP contribution in [0.2, 0.25) is 0 Å². The van der Waals surface area contributed by atoms with Crippen LogP contribution in [-0.4, -0.2) is 15.0 Å². The molecule has 0 amide bonds. The van der Waals surface area contributed by atoms with Crippen LogP contribution in [0.15, 0.2) is 28.7 Å². The molecule has 2 rings (SSSR count). The number of nitrogen functional groups attached to an aromatic ring is 1. The van der Waals surface area contributed by atoms with Crippen LogP contribution < -0.4 is 10.5 Å². The number of benzene rings is 1. The van der Waals surface area contributed by atoms with Gasteiger partial charge in [-0.05, 0) is 69.2 Å². The highest BCUT2D eigenvalue weighted by molar-refractivity contribution is 7.89. The smallest absolute Gasteiger partial charge is 0.240 e. The van der Waals surface area contributed by atoms with Gasteiger partial charge < -0.3 is 5.73 Å². The quantitative estimate of drug-likeness (QED) is 0.648. The van der Waals surface area contributed by atoms with Gasteiger partial charge >= 0.3 is 0 Å². The van der Waals surface area contributed by atoms with Crippen molar-refractivity contribution in [1.82, 2.24) is 4.72 Å². The standard InChI is InChI=1S/C16H24N2O2S/c1-12-10-15(17)13(2)16(11-12)21(19,20)18-9-8-14-6-4-3-5-7-14/h6,10-11,18H,3-5,7-9,17H2,1-2H3. The number of nitrogens with one attached hydrogen (secondary N) is 1. The molecule has 21 heavy (non-hydrogen) atoms. The summed E-state index contributed by atoms with van der Waals surface area (Å²) in [5, 5.41) is 0. The summed E-state index contributed by atoms with van der Waals surface area (Å²) in [6.07, 6.45) is 7.71. The average molecular weight is 308 g/mol. The summed E-state index contributed by atoms with van der Waals surface area (Å²) in [5.74, 6) is 0. The Kier molecular flexibility index (Phi) is 5.06. The van der Waals surface area contributed by atoms with Crippen LogP contribution in [0.5, 0.6) is 0 Å². The molecule has 0 saturated heterocycles. The maximum absolute atomic E-state index is 12.4. The zero-order valence-electron chi connectivity index (χ0n) is 12.8. The van der Waals surface area contributed by atoms with Crippen molar-refractivity contribution < 1.29 is 8.42 Å². The van der Waals surface area contributed by atoms with Crippen LogP contribution in [0.4, 0.5) is 5.69 Å². The summed E-state index contributed by atoms with van der Waals surface area (Å²) in [7, 11) is -3.49. The molecule has 0 aromatic heterocycles. The van der Waals surface area contributed by atoms with E-state index in [0.29, 0.717) is 17.8 Å². The molecule has 0 atom stereocenters. The summed E-state index contributed by atoms with van der Waals surface area (Å²) in [6, 6.07) is 3.47. The van der Waals surface area contributed by atoms with E-state index in [-0.39, 0.29) is 4.90 Å². The third kappa shape index (κ3) is 4.08. The van der Waals surface area contributed by atoms with Crippen molar-refractivity contribution in [3.63, 3.8) is 0 Å². The molecular weight excluding hydrogens is 284 g/mol. The summed E-state index contributed by atoms with van der Waals surface area (Å²) < 4.78 is 27.5. The Morgan fingerprint density at radius 3 is 2.67 bits per heavy atom. The largest absolute Gasteiger partial charge is 0.398 e. The van der Waals surface area contributed by atoms with Crippen molar-refractivity contribution in [2.75, 3.05) is 12.3 Å². The SMILES string of the molecule is Cc1cc(N)c(C)c(S(=O)(=O)NCCC2=CCCCC2)c1. The Morgan fingerprint density at radius 1 is 1.24 bits per heavy atom. The Bertz CT molecular complexity index is 648. The van der Waals surface area contributed by atoms with Gasteiger partial charge in [-0.3, -0.25) is 0 Å². The Hall–Kier alpha value is -1.33. The van der Waals surface area contributed by atoms with Crippen molar-refractivity contribution in [3.8, 4) is 0 Å². The molecule has 0 saturated carbocycles. The predicted molar refractivity (Wildman–Crippen MR) is 86.7 cm³/mol. The predicted octanol–water partition coefficient (Wildman–Crippen LogP) is 3.05. The van der Waals surface area contributed by atoms with Gasteiger partial charge in [0, 0.05) is 12.2 Å². The number of allylic oxidation sites excluding steroid dienone is 1. The minimum atomic E-state index is -3.49. The second kappa shape index (κ2) is 6.62. The molecule has 5 heteroatoms. The molecule has 116 valence electrons. The zero-order valence-corrected chi connectivity index (χ0v) is 13.6. The number of rotatable bonds is 5. The minimum absolute atomic E-state index is 0.289. The molecule has 0 radical (unpaired) electrons. The molecule has 0 unspecified atom stereocenters. The fraction of sp³-hybridized carbons (Fsp3) is 0.500. The molecule has 0 aliphatic heterocycles. The molecule has 1 aliphatic carbocycles. The normalized spacial score (nSPS) is 15.8. The van der Waals surface area contributed by atoms with Crippen molar-refractivity contribution in [2.45, 2.75) is 50.8 Å². The number of sulfonamides is 1. The first-order valence-electron chi connectivity index (χ1n) is 7.44.